The molecular weight excluding hydrogens is 695 g/mol. The van der Waals surface area contributed by atoms with E-state index in [-0.39, 0.29) is 0 Å². The number of rotatable bonds is 7. The molecule has 1 aromatic heterocycles. The van der Waals surface area contributed by atoms with Gasteiger partial charge in [-0.2, -0.15) is 0 Å². The summed E-state index contributed by atoms with van der Waals surface area (Å²) in [5.74, 6) is 0. The van der Waals surface area contributed by atoms with E-state index in [1.165, 1.54) is 86.6 Å². The molecule has 0 aliphatic heterocycles. The van der Waals surface area contributed by atoms with Crippen molar-refractivity contribution < 1.29 is 0 Å². The molecule has 10 rings (SSSR count). The van der Waals surface area contributed by atoms with Gasteiger partial charge in [-0.15, -0.1) is 11.3 Å². The number of aryl methyl sites for hydroxylation is 2. The van der Waals surface area contributed by atoms with Gasteiger partial charge in [0.05, 0.1) is 5.69 Å². The molecule has 2 heteroatoms. The minimum absolute atomic E-state index is 1.10. The lowest BCUT2D eigenvalue weighted by Gasteiger charge is -2.29. The normalized spacial score (nSPS) is 11.4. The lowest BCUT2D eigenvalue weighted by molar-refractivity contribution is 1.30. The summed E-state index contributed by atoms with van der Waals surface area (Å²) in [5.41, 5.74) is 15.7. The fourth-order valence-corrected chi connectivity index (χ4v) is 9.87. The van der Waals surface area contributed by atoms with E-state index in [4.69, 9.17) is 0 Å². The zero-order valence-electron chi connectivity index (χ0n) is 31.4. The van der Waals surface area contributed by atoms with Gasteiger partial charge in [0.15, 0.2) is 0 Å². The second-order valence-corrected chi connectivity index (χ2v) is 15.7. The van der Waals surface area contributed by atoms with Crippen LogP contribution in [0.5, 0.6) is 0 Å². The first-order chi connectivity index (χ1) is 27.6. The van der Waals surface area contributed by atoms with E-state index in [0.29, 0.717) is 0 Å². The third-order valence-electron chi connectivity index (χ3n) is 11.0. The molecule has 10 aromatic rings. The highest BCUT2D eigenvalue weighted by molar-refractivity contribution is 7.25. The van der Waals surface area contributed by atoms with E-state index >= 15 is 0 Å². The molecule has 0 fully saturated rings. The third-order valence-corrected chi connectivity index (χ3v) is 12.1. The van der Waals surface area contributed by atoms with Gasteiger partial charge >= 0.3 is 0 Å². The van der Waals surface area contributed by atoms with Crippen LogP contribution < -0.4 is 4.90 Å². The molecule has 0 saturated carbocycles. The highest BCUT2D eigenvalue weighted by Gasteiger charge is 2.22. The van der Waals surface area contributed by atoms with Crippen molar-refractivity contribution in [3.05, 3.63) is 211 Å². The maximum atomic E-state index is 2.46. The minimum Gasteiger partial charge on any atom is -0.310 e. The highest BCUT2D eigenvalue weighted by atomic mass is 32.1. The number of nitrogens with zero attached hydrogens (tertiary/aromatic N) is 1. The summed E-state index contributed by atoms with van der Waals surface area (Å²) in [7, 11) is 0. The number of thiophene rings is 1. The Hall–Kier alpha value is -6.74. The van der Waals surface area contributed by atoms with Gasteiger partial charge in [0.2, 0.25) is 0 Å². The molecular formula is C54H39NS. The topological polar surface area (TPSA) is 3.24 Å². The van der Waals surface area contributed by atoms with E-state index < -0.39 is 0 Å². The molecule has 0 N–H and O–H groups in total. The van der Waals surface area contributed by atoms with E-state index in [1.54, 1.807) is 0 Å². The van der Waals surface area contributed by atoms with Crippen LogP contribution in [0.4, 0.5) is 17.1 Å². The van der Waals surface area contributed by atoms with Crippen molar-refractivity contribution in [2.24, 2.45) is 0 Å². The van der Waals surface area contributed by atoms with E-state index in [0.717, 1.165) is 17.1 Å². The Kier molecular flexibility index (Phi) is 8.54. The lowest BCUT2D eigenvalue weighted by atomic mass is 9.87. The second-order valence-electron chi connectivity index (χ2n) is 14.6. The van der Waals surface area contributed by atoms with Gasteiger partial charge in [-0.3, -0.25) is 0 Å². The van der Waals surface area contributed by atoms with Gasteiger partial charge in [0.25, 0.3) is 0 Å². The molecule has 0 radical (unpaired) electrons. The van der Waals surface area contributed by atoms with E-state index in [2.05, 4.69) is 219 Å². The van der Waals surface area contributed by atoms with Crippen molar-refractivity contribution in [1.82, 2.24) is 0 Å². The largest absolute Gasteiger partial charge is 0.310 e. The van der Waals surface area contributed by atoms with E-state index in [1.807, 2.05) is 11.3 Å². The molecule has 0 bridgehead atoms. The fourth-order valence-electron chi connectivity index (χ4n) is 8.55. The summed E-state index contributed by atoms with van der Waals surface area (Å²) in [6.45, 7) is 4.43. The first-order valence-electron chi connectivity index (χ1n) is 19.3. The Bertz CT molecular complexity index is 2960. The van der Waals surface area contributed by atoms with Crippen LogP contribution >= 0.6 is 11.3 Å². The smallest absolute Gasteiger partial charge is 0.0546 e. The molecule has 0 aliphatic carbocycles. The zero-order chi connectivity index (χ0) is 37.6. The Morgan fingerprint density at radius 2 is 0.982 bits per heavy atom. The SMILES string of the molecule is Cc1cc(C)c2c(c1)sc1cc(N(c3ccc(-c4c(-c5ccccc5)cccc4-c4ccccc4)cc3)c3ccc4ccccc4c3-c3ccccc3)ccc12. The van der Waals surface area contributed by atoms with Gasteiger partial charge in [-0.25, -0.2) is 0 Å². The molecule has 0 aliphatic rings. The summed E-state index contributed by atoms with van der Waals surface area (Å²) in [4.78, 5) is 2.46. The monoisotopic (exact) mass is 733 g/mol. The van der Waals surface area contributed by atoms with Crippen molar-refractivity contribution in [1.29, 1.82) is 0 Å². The molecule has 0 saturated heterocycles. The van der Waals surface area contributed by atoms with Crippen molar-refractivity contribution >= 4 is 59.3 Å². The minimum atomic E-state index is 1.10. The van der Waals surface area contributed by atoms with E-state index in [9.17, 15) is 0 Å². The number of benzene rings is 9. The first-order valence-corrected chi connectivity index (χ1v) is 20.1. The fraction of sp³-hybridized carbons (Fsp3) is 0.0370. The summed E-state index contributed by atoms with van der Waals surface area (Å²) in [6, 6.07) is 73.3. The molecule has 1 heterocycles. The predicted molar refractivity (Wildman–Crippen MR) is 243 cm³/mol. The summed E-state index contributed by atoms with van der Waals surface area (Å²) in [5, 5.41) is 5.13. The first kappa shape index (κ1) is 33.8. The van der Waals surface area contributed by atoms with Crippen LogP contribution in [-0.2, 0) is 0 Å². The Balaban J connectivity index is 1.20. The molecule has 266 valence electrons. The summed E-state index contributed by atoms with van der Waals surface area (Å²) >= 11 is 1.89. The van der Waals surface area contributed by atoms with Crippen LogP contribution in [0.2, 0.25) is 0 Å². The van der Waals surface area contributed by atoms with Crippen LogP contribution in [0.3, 0.4) is 0 Å². The van der Waals surface area contributed by atoms with Crippen molar-refractivity contribution in [2.75, 3.05) is 4.90 Å². The summed E-state index contributed by atoms with van der Waals surface area (Å²) in [6.07, 6.45) is 0. The van der Waals surface area contributed by atoms with Crippen LogP contribution in [-0.4, -0.2) is 0 Å². The van der Waals surface area contributed by atoms with Crippen LogP contribution in [0.25, 0.3) is 75.5 Å². The van der Waals surface area contributed by atoms with Gasteiger partial charge < -0.3 is 4.90 Å². The lowest BCUT2D eigenvalue weighted by Crippen LogP contribution is -2.11. The predicted octanol–water partition coefficient (Wildman–Crippen LogP) is 16.0. The average Bonchev–Trinajstić information content (AvgIpc) is 3.62. The van der Waals surface area contributed by atoms with Gasteiger partial charge in [-0.1, -0.05) is 164 Å². The van der Waals surface area contributed by atoms with Gasteiger partial charge in [-0.05, 0) is 111 Å². The zero-order valence-corrected chi connectivity index (χ0v) is 32.2. The summed E-state index contributed by atoms with van der Waals surface area (Å²) < 4.78 is 2.63. The third kappa shape index (κ3) is 5.96. The highest BCUT2D eigenvalue weighted by Crippen LogP contribution is 2.48. The number of hydrogen-bond acceptors (Lipinski definition) is 2. The molecule has 0 atom stereocenters. The molecule has 0 amide bonds. The van der Waals surface area contributed by atoms with Crippen LogP contribution in [0.1, 0.15) is 11.1 Å². The van der Waals surface area contributed by atoms with Crippen LogP contribution in [0.15, 0.2) is 200 Å². The maximum absolute atomic E-state index is 2.46. The van der Waals surface area contributed by atoms with Crippen molar-refractivity contribution in [3.63, 3.8) is 0 Å². The maximum Gasteiger partial charge on any atom is 0.0546 e. The molecule has 9 aromatic carbocycles. The average molecular weight is 734 g/mol. The van der Waals surface area contributed by atoms with Crippen LogP contribution in [0, 0.1) is 13.8 Å². The Morgan fingerprint density at radius 3 is 1.66 bits per heavy atom. The van der Waals surface area contributed by atoms with Gasteiger partial charge in [0, 0.05) is 37.1 Å². The van der Waals surface area contributed by atoms with Crippen molar-refractivity contribution in [2.45, 2.75) is 13.8 Å². The Morgan fingerprint density at radius 1 is 0.393 bits per heavy atom. The van der Waals surface area contributed by atoms with Gasteiger partial charge in [0.1, 0.15) is 0 Å². The molecule has 56 heavy (non-hydrogen) atoms. The Labute approximate surface area is 332 Å². The quantitative estimate of drug-likeness (QED) is 0.158. The standard InChI is InChI=1S/C54H39NS/c1-36-33-37(2)52-48-31-30-44(35-50(48)56-51(52)34-36)55(49-32-27-40-19-12-13-22-47(40)54(49)41-20-10-5-11-21-41)43-28-25-42(26-29-43)53-45(38-15-6-3-7-16-38)23-14-24-46(53)39-17-8-4-9-18-39/h3-35H,1-2H3. The number of hydrogen-bond donors (Lipinski definition) is 0. The van der Waals surface area contributed by atoms with Crippen molar-refractivity contribution in [3.8, 4) is 44.5 Å². The number of fused-ring (bicyclic) bond motifs is 4. The molecule has 1 nitrogen and oxygen atoms in total. The molecule has 0 unspecified atom stereocenters. The second kappa shape index (κ2) is 14.2. The molecule has 0 spiro atoms. The number of anilines is 3.